The van der Waals surface area contributed by atoms with Gasteiger partial charge in [-0.15, -0.1) is 11.3 Å². The maximum Gasteiger partial charge on any atom is 0.165 e. The molecule has 1 aromatic heterocycles. The third kappa shape index (κ3) is 2.98. The number of aromatic nitrogens is 1. The number of halogens is 1. The highest BCUT2D eigenvalue weighted by Crippen LogP contribution is 2.22. The molecule has 0 bridgehead atoms. The van der Waals surface area contributed by atoms with Crippen LogP contribution in [0.5, 0.6) is 5.75 Å². The Morgan fingerprint density at radius 1 is 1.41 bits per heavy atom. The number of thiazole rings is 1. The Morgan fingerprint density at radius 3 is 2.82 bits per heavy atom. The molecule has 0 fully saturated rings. The predicted molar refractivity (Wildman–Crippen MR) is 70.3 cm³/mol. The summed E-state index contributed by atoms with van der Waals surface area (Å²) in [4.78, 5) is 5.47. The zero-order chi connectivity index (χ0) is 12.3. The van der Waals surface area contributed by atoms with Crippen LogP contribution in [0.15, 0.2) is 24.3 Å². The molecule has 0 unspecified atom stereocenters. The van der Waals surface area contributed by atoms with Gasteiger partial charge in [0.2, 0.25) is 0 Å². The summed E-state index contributed by atoms with van der Waals surface area (Å²) in [6.45, 7) is 2.23. The Kier molecular flexibility index (Phi) is 4.02. The summed E-state index contributed by atoms with van der Waals surface area (Å²) in [5, 5.41) is 0.842. The molecule has 17 heavy (non-hydrogen) atoms. The zero-order valence-electron chi connectivity index (χ0n) is 9.31. The Balaban J connectivity index is 2.05. The molecule has 2 aromatic rings. The highest BCUT2D eigenvalue weighted by Gasteiger charge is 2.08. The third-order valence-electron chi connectivity index (χ3n) is 2.27. The van der Waals surface area contributed by atoms with Crippen molar-refractivity contribution in [3.63, 3.8) is 0 Å². The second-order valence-corrected chi connectivity index (χ2v) is 4.98. The summed E-state index contributed by atoms with van der Waals surface area (Å²) in [6, 6.07) is 6.36. The molecule has 0 radical (unpaired) electrons. The normalized spacial score (nSPS) is 10.5. The van der Waals surface area contributed by atoms with Crippen molar-refractivity contribution < 1.29 is 9.13 Å². The van der Waals surface area contributed by atoms with Gasteiger partial charge in [0.25, 0.3) is 0 Å². The molecule has 5 heteroatoms. The number of nitrogens with zero attached hydrogens (tertiary/aromatic N) is 1. The molecule has 0 atom stereocenters. The third-order valence-corrected chi connectivity index (χ3v) is 3.93. The first kappa shape index (κ1) is 12.4. The molecule has 0 saturated heterocycles. The van der Waals surface area contributed by atoms with Gasteiger partial charge in [-0.2, -0.15) is 12.6 Å². The fourth-order valence-electron chi connectivity index (χ4n) is 1.40. The van der Waals surface area contributed by atoms with Crippen LogP contribution in [0.1, 0.15) is 15.6 Å². The topological polar surface area (TPSA) is 22.1 Å². The number of aryl methyl sites for hydroxylation is 1. The zero-order valence-corrected chi connectivity index (χ0v) is 11.0. The standard InChI is InChI=1S/C12H12FNOS2/c1-8-11(7-16)17-12(14-8)6-15-10-5-3-2-4-9(10)13/h2-5,16H,6-7H2,1H3. The maximum absolute atomic E-state index is 13.3. The molecule has 0 aliphatic carbocycles. The van der Waals surface area contributed by atoms with Crippen LogP contribution in [0.25, 0.3) is 0 Å². The minimum atomic E-state index is -0.352. The summed E-state index contributed by atoms with van der Waals surface area (Å²) in [5.74, 6) is 0.575. The second-order valence-electron chi connectivity index (χ2n) is 3.49. The van der Waals surface area contributed by atoms with Crippen molar-refractivity contribution in [1.82, 2.24) is 4.98 Å². The monoisotopic (exact) mass is 269 g/mol. The van der Waals surface area contributed by atoms with E-state index in [2.05, 4.69) is 17.6 Å². The van der Waals surface area contributed by atoms with Crippen molar-refractivity contribution in [3.8, 4) is 5.75 Å². The van der Waals surface area contributed by atoms with Gasteiger partial charge in [0, 0.05) is 10.6 Å². The lowest BCUT2D eigenvalue weighted by molar-refractivity contribution is 0.289. The fourth-order valence-corrected chi connectivity index (χ4v) is 2.66. The van der Waals surface area contributed by atoms with Crippen molar-refractivity contribution >= 4 is 24.0 Å². The Morgan fingerprint density at radius 2 is 2.18 bits per heavy atom. The number of ether oxygens (including phenoxy) is 1. The van der Waals surface area contributed by atoms with Crippen LogP contribution in [-0.4, -0.2) is 4.98 Å². The van der Waals surface area contributed by atoms with Crippen molar-refractivity contribution in [3.05, 3.63) is 45.7 Å². The first-order valence-corrected chi connectivity index (χ1v) is 6.59. The van der Waals surface area contributed by atoms with Crippen molar-refractivity contribution in [1.29, 1.82) is 0 Å². The summed E-state index contributed by atoms with van der Waals surface area (Å²) < 4.78 is 18.7. The lowest BCUT2D eigenvalue weighted by Gasteiger charge is -2.04. The molecule has 2 nitrogen and oxygen atoms in total. The number of thiol groups is 1. The smallest absolute Gasteiger partial charge is 0.165 e. The van der Waals surface area contributed by atoms with E-state index in [1.807, 2.05) is 6.92 Å². The lowest BCUT2D eigenvalue weighted by Crippen LogP contribution is -1.96. The summed E-state index contributed by atoms with van der Waals surface area (Å²) in [7, 11) is 0. The number of hydrogen-bond donors (Lipinski definition) is 1. The van der Waals surface area contributed by atoms with E-state index in [4.69, 9.17) is 4.74 Å². The first-order chi connectivity index (χ1) is 8.20. The first-order valence-electron chi connectivity index (χ1n) is 5.14. The number of rotatable bonds is 4. The average molecular weight is 269 g/mol. The van der Waals surface area contributed by atoms with Crippen LogP contribution in [0, 0.1) is 12.7 Å². The molecular formula is C12H12FNOS2. The van der Waals surface area contributed by atoms with Crippen LogP contribution < -0.4 is 4.74 Å². The average Bonchev–Trinajstić information content (AvgIpc) is 2.69. The Labute approximate surface area is 109 Å². The summed E-state index contributed by atoms with van der Waals surface area (Å²) in [6.07, 6.45) is 0. The van der Waals surface area contributed by atoms with E-state index >= 15 is 0 Å². The molecule has 1 aromatic carbocycles. The second kappa shape index (κ2) is 5.51. The van der Waals surface area contributed by atoms with E-state index in [9.17, 15) is 4.39 Å². The van der Waals surface area contributed by atoms with Crippen molar-refractivity contribution in [2.24, 2.45) is 0 Å². The number of benzene rings is 1. The summed E-state index contributed by atoms with van der Waals surface area (Å²) in [5.41, 5.74) is 0.970. The van der Waals surface area contributed by atoms with E-state index in [0.717, 1.165) is 15.6 Å². The molecule has 0 saturated carbocycles. The molecule has 0 N–H and O–H groups in total. The van der Waals surface area contributed by atoms with Crippen LogP contribution in [0.3, 0.4) is 0 Å². The van der Waals surface area contributed by atoms with Crippen LogP contribution in [0.4, 0.5) is 4.39 Å². The van der Waals surface area contributed by atoms with Gasteiger partial charge in [-0.05, 0) is 19.1 Å². The molecule has 0 spiro atoms. The van der Waals surface area contributed by atoms with Crippen molar-refractivity contribution in [2.45, 2.75) is 19.3 Å². The van der Waals surface area contributed by atoms with Gasteiger partial charge in [0.05, 0.1) is 5.69 Å². The maximum atomic E-state index is 13.3. The van der Waals surface area contributed by atoms with E-state index in [1.54, 1.807) is 29.5 Å². The highest BCUT2D eigenvalue weighted by molar-refractivity contribution is 7.79. The largest absolute Gasteiger partial charge is 0.483 e. The van der Waals surface area contributed by atoms with Gasteiger partial charge in [0.1, 0.15) is 11.6 Å². The minimum Gasteiger partial charge on any atom is -0.483 e. The summed E-state index contributed by atoms with van der Waals surface area (Å²) >= 11 is 5.77. The SMILES string of the molecule is Cc1nc(COc2ccccc2F)sc1CS. The molecular weight excluding hydrogens is 257 g/mol. The lowest BCUT2D eigenvalue weighted by atomic mass is 10.3. The predicted octanol–water partition coefficient (Wildman–Crippen LogP) is 3.60. The molecule has 90 valence electrons. The molecule has 0 aliphatic rings. The van der Waals surface area contributed by atoms with E-state index in [1.165, 1.54) is 6.07 Å². The number of hydrogen-bond acceptors (Lipinski definition) is 4. The number of para-hydroxylation sites is 1. The van der Waals surface area contributed by atoms with Gasteiger partial charge in [0.15, 0.2) is 11.6 Å². The highest BCUT2D eigenvalue weighted by atomic mass is 32.1. The quantitative estimate of drug-likeness (QED) is 0.857. The van der Waals surface area contributed by atoms with Crippen LogP contribution in [-0.2, 0) is 12.4 Å². The fraction of sp³-hybridized carbons (Fsp3) is 0.250. The van der Waals surface area contributed by atoms with E-state index in [-0.39, 0.29) is 11.6 Å². The molecule has 1 heterocycles. The molecule has 2 rings (SSSR count). The van der Waals surface area contributed by atoms with E-state index < -0.39 is 0 Å². The molecule has 0 amide bonds. The van der Waals surface area contributed by atoms with E-state index in [0.29, 0.717) is 12.4 Å². The van der Waals surface area contributed by atoms with Gasteiger partial charge in [-0.25, -0.2) is 9.37 Å². The van der Waals surface area contributed by atoms with Crippen molar-refractivity contribution in [2.75, 3.05) is 0 Å². The van der Waals surface area contributed by atoms with Crippen LogP contribution in [0.2, 0.25) is 0 Å². The minimum absolute atomic E-state index is 0.257. The molecule has 0 aliphatic heterocycles. The van der Waals surface area contributed by atoms with Crippen LogP contribution >= 0.6 is 24.0 Å². The Hall–Kier alpha value is -1.07. The van der Waals surface area contributed by atoms with Gasteiger partial charge in [-0.3, -0.25) is 0 Å². The Bertz CT molecular complexity index is 513. The van der Waals surface area contributed by atoms with Gasteiger partial charge in [-0.1, -0.05) is 12.1 Å². The van der Waals surface area contributed by atoms with Gasteiger partial charge < -0.3 is 4.74 Å². The van der Waals surface area contributed by atoms with Gasteiger partial charge >= 0.3 is 0 Å².